The monoisotopic (exact) mass is 192 g/mol. The highest BCUT2D eigenvalue weighted by Gasteiger charge is 2.53. The first kappa shape index (κ1) is 9.51. The zero-order valence-electron chi connectivity index (χ0n) is 8.62. The molecule has 2 aliphatic rings. The molecule has 1 unspecified atom stereocenters. The molecule has 2 rings (SSSR count). The number of carbonyl (C=O) groups excluding carboxylic acids is 1. The van der Waals surface area contributed by atoms with Crippen LogP contribution in [0.5, 0.6) is 0 Å². The fourth-order valence-corrected chi connectivity index (χ4v) is 2.30. The summed E-state index contributed by atoms with van der Waals surface area (Å²) >= 11 is 0. The number of carbonyl (C=O) groups is 1. The van der Waals surface area contributed by atoms with Crippen LogP contribution in [0.15, 0.2) is 0 Å². The second kappa shape index (κ2) is 3.27. The van der Waals surface area contributed by atoms with E-state index in [2.05, 4.69) is 13.0 Å². The Morgan fingerprint density at radius 2 is 2.36 bits per heavy atom. The molecule has 1 atom stereocenters. The Balaban J connectivity index is 2.08. The standard InChI is InChI=1S/C11H16N2O/c1-2-9-4-3-7-13(9)10(14)11(8-12)5-6-11/h9H,2-7H2,1H3. The van der Waals surface area contributed by atoms with Gasteiger partial charge in [0.25, 0.3) is 0 Å². The summed E-state index contributed by atoms with van der Waals surface area (Å²) < 4.78 is 0. The Morgan fingerprint density at radius 3 is 2.86 bits per heavy atom. The van der Waals surface area contributed by atoms with Gasteiger partial charge in [0.2, 0.25) is 5.91 Å². The summed E-state index contributed by atoms with van der Waals surface area (Å²) in [5.41, 5.74) is -0.613. The van der Waals surface area contributed by atoms with Crippen molar-refractivity contribution in [3.8, 4) is 6.07 Å². The minimum absolute atomic E-state index is 0.101. The quantitative estimate of drug-likeness (QED) is 0.668. The molecule has 1 aliphatic heterocycles. The van der Waals surface area contributed by atoms with Crippen molar-refractivity contribution in [3.05, 3.63) is 0 Å². The topological polar surface area (TPSA) is 44.1 Å². The molecule has 0 N–H and O–H groups in total. The Kier molecular flexibility index (Phi) is 2.22. The molecule has 0 radical (unpaired) electrons. The highest BCUT2D eigenvalue weighted by molar-refractivity contribution is 5.88. The summed E-state index contributed by atoms with van der Waals surface area (Å²) in [5.74, 6) is 0.101. The number of rotatable bonds is 2. The molecular weight excluding hydrogens is 176 g/mol. The molecule has 1 heterocycles. The second-order valence-corrected chi connectivity index (χ2v) is 4.40. The zero-order chi connectivity index (χ0) is 10.2. The van der Waals surface area contributed by atoms with E-state index in [0.717, 1.165) is 38.6 Å². The predicted octanol–water partition coefficient (Wildman–Crippen LogP) is 1.69. The van der Waals surface area contributed by atoms with Crippen LogP contribution in [-0.2, 0) is 4.79 Å². The van der Waals surface area contributed by atoms with Gasteiger partial charge in [-0.15, -0.1) is 0 Å². The predicted molar refractivity (Wildman–Crippen MR) is 52.3 cm³/mol. The van der Waals surface area contributed by atoms with Gasteiger partial charge in [-0.1, -0.05) is 6.92 Å². The SMILES string of the molecule is CCC1CCCN1C(=O)C1(C#N)CC1. The zero-order valence-corrected chi connectivity index (χ0v) is 8.62. The maximum atomic E-state index is 12.0. The van der Waals surface area contributed by atoms with Gasteiger partial charge in [0, 0.05) is 12.6 Å². The normalized spacial score (nSPS) is 28.6. The van der Waals surface area contributed by atoms with Crippen LogP contribution in [-0.4, -0.2) is 23.4 Å². The van der Waals surface area contributed by atoms with Gasteiger partial charge < -0.3 is 4.90 Å². The van der Waals surface area contributed by atoms with E-state index in [0.29, 0.717) is 6.04 Å². The van der Waals surface area contributed by atoms with Gasteiger partial charge in [-0.25, -0.2) is 0 Å². The molecule has 0 spiro atoms. The minimum atomic E-state index is -0.613. The lowest BCUT2D eigenvalue weighted by molar-refractivity contribution is -0.135. The van der Waals surface area contributed by atoms with E-state index in [-0.39, 0.29) is 5.91 Å². The molecule has 0 aromatic rings. The highest BCUT2D eigenvalue weighted by Crippen LogP contribution is 2.47. The largest absolute Gasteiger partial charge is 0.338 e. The van der Waals surface area contributed by atoms with Gasteiger partial charge in [0.1, 0.15) is 5.41 Å². The summed E-state index contributed by atoms with van der Waals surface area (Å²) in [4.78, 5) is 14.0. The van der Waals surface area contributed by atoms with Crippen LogP contribution < -0.4 is 0 Å². The van der Waals surface area contributed by atoms with E-state index in [4.69, 9.17) is 5.26 Å². The maximum absolute atomic E-state index is 12.0. The Bertz CT molecular complexity index is 288. The minimum Gasteiger partial charge on any atom is -0.338 e. The van der Waals surface area contributed by atoms with Gasteiger partial charge in [-0.3, -0.25) is 4.79 Å². The fourth-order valence-electron chi connectivity index (χ4n) is 2.30. The third-order valence-electron chi connectivity index (χ3n) is 3.48. The third-order valence-corrected chi connectivity index (χ3v) is 3.48. The van der Waals surface area contributed by atoms with Crippen LogP contribution in [0.3, 0.4) is 0 Å². The van der Waals surface area contributed by atoms with Crippen LogP contribution in [0, 0.1) is 16.7 Å². The molecule has 0 bridgehead atoms. The van der Waals surface area contributed by atoms with E-state index in [1.807, 2.05) is 4.90 Å². The van der Waals surface area contributed by atoms with Crippen molar-refractivity contribution in [1.82, 2.24) is 4.90 Å². The lowest BCUT2D eigenvalue weighted by atomic mass is 10.1. The summed E-state index contributed by atoms with van der Waals surface area (Å²) in [6.45, 7) is 2.98. The summed E-state index contributed by atoms with van der Waals surface area (Å²) in [7, 11) is 0. The van der Waals surface area contributed by atoms with Crippen LogP contribution in [0.2, 0.25) is 0 Å². The van der Waals surface area contributed by atoms with E-state index in [9.17, 15) is 4.79 Å². The molecule has 1 amide bonds. The van der Waals surface area contributed by atoms with E-state index < -0.39 is 5.41 Å². The van der Waals surface area contributed by atoms with Gasteiger partial charge in [-0.2, -0.15) is 5.26 Å². The molecule has 3 nitrogen and oxygen atoms in total. The Hall–Kier alpha value is -1.04. The van der Waals surface area contributed by atoms with E-state index in [1.54, 1.807) is 0 Å². The van der Waals surface area contributed by atoms with Crippen molar-refractivity contribution >= 4 is 5.91 Å². The van der Waals surface area contributed by atoms with E-state index >= 15 is 0 Å². The van der Waals surface area contributed by atoms with Gasteiger partial charge in [-0.05, 0) is 32.1 Å². The maximum Gasteiger partial charge on any atom is 0.243 e. The molecule has 2 fully saturated rings. The third kappa shape index (κ3) is 1.30. The van der Waals surface area contributed by atoms with Crippen LogP contribution in [0.1, 0.15) is 39.0 Å². The molecule has 1 saturated carbocycles. The number of nitrogens with zero attached hydrogens (tertiary/aromatic N) is 2. The van der Waals surface area contributed by atoms with E-state index in [1.165, 1.54) is 0 Å². The average molecular weight is 192 g/mol. The number of likely N-dealkylation sites (tertiary alicyclic amines) is 1. The Labute approximate surface area is 84.7 Å². The summed E-state index contributed by atoms with van der Waals surface area (Å²) in [5, 5.41) is 8.95. The first-order chi connectivity index (χ1) is 6.73. The first-order valence-electron chi connectivity index (χ1n) is 5.46. The van der Waals surface area contributed by atoms with Crippen molar-refractivity contribution in [2.75, 3.05) is 6.54 Å². The van der Waals surface area contributed by atoms with Crippen molar-refractivity contribution in [2.24, 2.45) is 5.41 Å². The number of amides is 1. The highest BCUT2D eigenvalue weighted by atomic mass is 16.2. The number of hydrogen-bond donors (Lipinski definition) is 0. The molecule has 14 heavy (non-hydrogen) atoms. The molecule has 0 aromatic heterocycles. The average Bonchev–Trinajstić information content (AvgIpc) is 2.87. The fraction of sp³-hybridized carbons (Fsp3) is 0.818. The number of hydrogen-bond acceptors (Lipinski definition) is 2. The Morgan fingerprint density at radius 1 is 1.64 bits per heavy atom. The van der Waals surface area contributed by atoms with Crippen LogP contribution in [0.25, 0.3) is 0 Å². The molecule has 1 aliphatic carbocycles. The van der Waals surface area contributed by atoms with Crippen molar-refractivity contribution in [2.45, 2.75) is 45.1 Å². The first-order valence-corrected chi connectivity index (χ1v) is 5.46. The van der Waals surface area contributed by atoms with Crippen molar-refractivity contribution in [3.63, 3.8) is 0 Å². The van der Waals surface area contributed by atoms with Crippen molar-refractivity contribution in [1.29, 1.82) is 5.26 Å². The lowest BCUT2D eigenvalue weighted by Crippen LogP contribution is -2.39. The molecule has 0 aromatic carbocycles. The summed E-state index contributed by atoms with van der Waals surface area (Å²) in [6, 6.07) is 2.58. The molecule has 1 saturated heterocycles. The molecule has 76 valence electrons. The van der Waals surface area contributed by atoms with Crippen LogP contribution in [0.4, 0.5) is 0 Å². The number of nitriles is 1. The van der Waals surface area contributed by atoms with Crippen molar-refractivity contribution < 1.29 is 4.79 Å². The molecular formula is C11H16N2O. The smallest absolute Gasteiger partial charge is 0.243 e. The summed E-state index contributed by atoms with van der Waals surface area (Å²) in [6.07, 6.45) is 4.79. The second-order valence-electron chi connectivity index (χ2n) is 4.40. The molecule has 3 heteroatoms. The van der Waals surface area contributed by atoms with Crippen LogP contribution >= 0.6 is 0 Å². The van der Waals surface area contributed by atoms with Gasteiger partial charge >= 0.3 is 0 Å². The van der Waals surface area contributed by atoms with Gasteiger partial charge in [0.05, 0.1) is 6.07 Å². The lowest BCUT2D eigenvalue weighted by Gasteiger charge is -2.25. The van der Waals surface area contributed by atoms with Gasteiger partial charge in [0.15, 0.2) is 0 Å².